The molecule has 3 rings (SSSR count). The second kappa shape index (κ2) is 3.95. The van der Waals surface area contributed by atoms with E-state index in [4.69, 9.17) is 10.5 Å². The fourth-order valence-electron chi connectivity index (χ4n) is 2.77. The van der Waals surface area contributed by atoms with Crippen LogP contribution in [0.1, 0.15) is 32.7 Å². The third-order valence-corrected chi connectivity index (χ3v) is 3.56. The van der Waals surface area contributed by atoms with Gasteiger partial charge >= 0.3 is 0 Å². The lowest BCUT2D eigenvalue weighted by molar-refractivity contribution is -0.0682. The summed E-state index contributed by atoms with van der Waals surface area (Å²) in [5.74, 6) is 0.570. The minimum atomic E-state index is -0.0982. The zero-order valence-electron chi connectivity index (χ0n) is 10.8. The van der Waals surface area contributed by atoms with E-state index >= 15 is 0 Å². The topological polar surface area (TPSA) is 66.0 Å². The molecule has 0 bridgehead atoms. The highest BCUT2D eigenvalue weighted by Gasteiger charge is 2.31. The number of imidazole rings is 1. The molecule has 1 saturated heterocycles. The first-order chi connectivity index (χ1) is 8.57. The highest BCUT2D eigenvalue weighted by atomic mass is 16.5. The normalized spacial score (nSPS) is 23.3. The Bertz CT molecular complexity index is 575. The lowest BCUT2D eigenvalue weighted by atomic mass is 9.93. The zero-order valence-corrected chi connectivity index (χ0v) is 10.8. The van der Waals surface area contributed by atoms with Gasteiger partial charge in [-0.15, -0.1) is 0 Å². The summed E-state index contributed by atoms with van der Waals surface area (Å²) in [5.41, 5.74) is 7.88. The number of pyridine rings is 1. The maximum absolute atomic E-state index is 6.06. The van der Waals surface area contributed by atoms with Gasteiger partial charge in [-0.1, -0.05) is 0 Å². The fourth-order valence-corrected chi connectivity index (χ4v) is 2.77. The van der Waals surface area contributed by atoms with Crippen LogP contribution in [0.4, 0.5) is 5.95 Å². The SMILES string of the molecule is CC1(C)CC(n2c(N)nc3cnccc32)CCO1. The van der Waals surface area contributed by atoms with Crippen molar-refractivity contribution in [3.05, 3.63) is 18.5 Å². The van der Waals surface area contributed by atoms with Crippen LogP contribution in [0.25, 0.3) is 11.0 Å². The number of nitrogens with two attached hydrogens (primary N) is 1. The van der Waals surface area contributed by atoms with E-state index in [-0.39, 0.29) is 5.60 Å². The van der Waals surface area contributed by atoms with Gasteiger partial charge in [0.05, 0.1) is 17.3 Å². The maximum atomic E-state index is 6.06. The van der Waals surface area contributed by atoms with Crippen molar-refractivity contribution < 1.29 is 4.74 Å². The molecule has 0 saturated carbocycles. The zero-order chi connectivity index (χ0) is 12.8. The van der Waals surface area contributed by atoms with E-state index in [9.17, 15) is 0 Å². The molecule has 1 fully saturated rings. The average Bonchev–Trinajstić information content (AvgIpc) is 2.63. The van der Waals surface area contributed by atoms with Crippen LogP contribution in [-0.2, 0) is 4.74 Å². The van der Waals surface area contributed by atoms with Crippen LogP contribution in [0.5, 0.6) is 0 Å². The molecule has 0 aliphatic carbocycles. The van der Waals surface area contributed by atoms with Crippen molar-refractivity contribution in [3.8, 4) is 0 Å². The van der Waals surface area contributed by atoms with Crippen LogP contribution in [-0.4, -0.2) is 26.7 Å². The third-order valence-electron chi connectivity index (χ3n) is 3.56. The predicted octanol–water partition coefficient (Wildman–Crippen LogP) is 2.14. The smallest absolute Gasteiger partial charge is 0.201 e. The van der Waals surface area contributed by atoms with E-state index in [2.05, 4.69) is 28.4 Å². The second-order valence-corrected chi connectivity index (χ2v) is 5.46. The average molecular weight is 246 g/mol. The quantitative estimate of drug-likeness (QED) is 0.837. The molecule has 0 amide bonds. The largest absolute Gasteiger partial charge is 0.375 e. The Balaban J connectivity index is 2.06. The number of rotatable bonds is 1. The molecular formula is C13H18N4O. The van der Waals surface area contributed by atoms with Crippen LogP contribution < -0.4 is 5.73 Å². The van der Waals surface area contributed by atoms with E-state index in [1.54, 1.807) is 12.4 Å². The third kappa shape index (κ3) is 1.84. The number of nitrogens with zero attached hydrogens (tertiary/aromatic N) is 3. The monoisotopic (exact) mass is 246 g/mol. The molecule has 0 aromatic carbocycles. The van der Waals surface area contributed by atoms with Gasteiger partial charge in [-0.3, -0.25) is 4.98 Å². The molecular weight excluding hydrogens is 228 g/mol. The Morgan fingerprint density at radius 3 is 3.11 bits per heavy atom. The van der Waals surface area contributed by atoms with Crippen molar-refractivity contribution >= 4 is 17.0 Å². The van der Waals surface area contributed by atoms with Crippen molar-refractivity contribution in [2.24, 2.45) is 0 Å². The second-order valence-electron chi connectivity index (χ2n) is 5.46. The summed E-state index contributed by atoms with van der Waals surface area (Å²) in [7, 11) is 0. The van der Waals surface area contributed by atoms with Crippen molar-refractivity contribution in [2.45, 2.75) is 38.3 Å². The molecule has 1 aliphatic heterocycles. The molecule has 2 aromatic heterocycles. The summed E-state index contributed by atoms with van der Waals surface area (Å²) >= 11 is 0. The summed E-state index contributed by atoms with van der Waals surface area (Å²) in [6.07, 6.45) is 5.46. The molecule has 3 heterocycles. The first kappa shape index (κ1) is 11.5. The molecule has 2 N–H and O–H groups in total. The van der Waals surface area contributed by atoms with E-state index in [0.29, 0.717) is 12.0 Å². The first-order valence-electron chi connectivity index (χ1n) is 6.28. The molecule has 1 unspecified atom stereocenters. The number of fused-ring (bicyclic) bond motifs is 1. The molecule has 18 heavy (non-hydrogen) atoms. The van der Waals surface area contributed by atoms with Gasteiger partial charge in [-0.25, -0.2) is 4.98 Å². The first-order valence-corrected chi connectivity index (χ1v) is 6.28. The summed E-state index contributed by atoms with van der Waals surface area (Å²) in [6.45, 7) is 5.01. The Labute approximate surface area is 106 Å². The minimum absolute atomic E-state index is 0.0982. The number of nitrogen functional groups attached to an aromatic ring is 1. The highest BCUT2D eigenvalue weighted by Crippen LogP contribution is 2.35. The van der Waals surface area contributed by atoms with Crippen LogP contribution in [0.2, 0.25) is 0 Å². The van der Waals surface area contributed by atoms with Gasteiger partial charge < -0.3 is 15.0 Å². The van der Waals surface area contributed by atoms with E-state index in [0.717, 1.165) is 30.5 Å². The molecule has 0 radical (unpaired) electrons. The molecule has 2 aromatic rings. The Kier molecular flexibility index (Phi) is 2.52. The standard InChI is InChI=1S/C13H18N4O/c1-13(2)7-9(4-6-18-13)17-11-3-5-15-8-10(11)16-12(17)14/h3,5,8-9H,4,6-7H2,1-2H3,(H2,14,16). The van der Waals surface area contributed by atoms with Crippen molar-refractivity contribution in [1.29, 1.82) is 0 Å². The summed E-state index contributed by atoms with van der Waals surface area (Å²) in [5, 5.41) is 0. The summed E-state index contributed by atoms with van der Waals surface area (Å²) in [6, 6.07) is 2.32. The van der Waals surface area contributed by atoms with Gasteiger partial charge in [-0.05, 0) is 32.8 Å². The van der Waals surface area contributed by atoms with Gasteiger partial charge in [0, 0.05) is 18.8 Å². The highest BCUT2D eigenvalue weighted by molar-refractivity contribution is 5.77. The molecule has 5 nitrogen and oxygen atoms in total. The van der Waals surface area contributed by atoms with Crippen LogP contribution in [0, 0.1) is 0 Å². The Morgan fingerprint density at radius 1 is 1.50 bits per heavy atom. The van der Waals surface area contributed by atoms with Gasteiger partial charge in [0.1, 0.15) is 5.52 Å². The molecule has 1 aliphatic rings. The van der Waals surface area contributed by atoms with Gasteiger partial charge in [0.15, 0.2) is 0 Å². The van der Waals surface area contributed by atoms with Crippen LogP contribution >= 0.6 is 0 Å². The van der Waals surface area contributed by atoms with Crippen molar-refractivity contribution in [1.82, 2.24) is 14.5 Å². The molecule has 5 heteroatoms. The van der Waals surface area contributed by atoms with E-state index < -0.39 is 0 Å². The minimum Gasteiger partial charge on any atom is -0.375 e. The number of ether oxygens (including phenoxy) is 1. The fraction of sp³-hybridized carbons (Fsp3) is 0.538. The maximum Gasteiger partial charge on any atom is 0.201 e. The van der Waals surface area contributed by atoms with Gasteiger partial charge in [0.2, 0.25) is 5.95 Å². The number of hydrogen-bond donors (Lipinski definition) is 1. The van der Waals surface area contributed by atoms with E-state index in [1.807, 2.05) is 6.07 Å². The van der Waals surface area contributed by atoms with E-state index in [1.165, 1.54) is 0 Å². The Morgan fingerprint density at radius 2 is 2.33 bits per heavy atom. The molecule has 96 valence electrons. The Hall–Kier alpha value is -1.62. The summed E-state index contributed by atoms with van der Waals surface area (Å²) in [4.78, 5) is 8.46. The summed E-state index contributed by atoms with van der Waals surface area (Å²) < 4.78 is 7.88. The molecule has 1 atom stereocenters. The van der Waals surface area contributed by atoms with Crippen molar-refractivity contribution in [2.75, 3.05) is 12.3 Å². The van der Waals surface area contributed by atoms with Crippen LogP contribution in [0.3, 0.4) is 0 Å². The van der Waals surface area contributed by atoms with Gasteiger partial charge in [-0.2, -0.15) is 0 Å². The number of anilines is 1. The predicted molar refractivity (Wildman–Crippen MR) is 70.2 cm³/mol. The number of hydrogen-bond acceptors (Lipinski definition) is 4. The van der Waals surface area contributed by atoms with Crippen molar-refractivity contribution in [3.63, 3.8) is 0 Å². The molecule has 0 spiro atoms. The lowest BCUT2D eigenvalue weighted by Crippen LogP contribution is -2.35. The lowest BCUT2D eigenvalue weighted by Gasteiger charge is -2.36. The number of aromatic nitrogens is 3. The van der Waals surface area contributed by atoms with Crippen LogP contribution in [0.15, 0.2) is 18.5 Å². The van der Waals surface area contributed by atoms with Gasteiger partial charge in [0.25, 0.3) is 0 Å².